The second-order valence-corrected chi connectivity index (χ2v) is 6.06. The van der Waals surface area contributed by atoms with E-state index in [1.807, 2.05) is 13.8 Å². The molecule has 0 bridgehead atoms. The van der Waals surface area contributed by atoms with Crippen molar-refractivity contribution < 1.29 is 14.4 Å². The average molecular weight is 307 g/mol. The first-order valence-corrected chi connectivity index (χ1v) is 7.53. The number of thioether (sulfide) groups is 1. The van der Waals surface area contributed by atoms with E-state index in [1.165, 1.54) is 16.7 Å². The molecule has 0 unspecified atom stereocenters. The van der Waals surface area contributed by atoms with Crippen molar-refractivity contribution >= 4 is 35.2 Å². The van der Waals surface area contributed by atoms with Gasteiger partial charge in [0.1, 0.15) is 0 Å². The summed E-state index contributed by atoms with van der Waals surface area (Å²) in [5.74, 6) is -0.551. The van der Waals surface area contributed by atoms with Gasteiger partial charge in [0, 0.05) is 16.5 Å². The van der Waals surface area contributed by atoms with Crippen LogP contribution in [0.2, 0.25) is 0 Å². The zero-order valence-electron chi connectivity index (χ0n) is 11.9. The first kappa shape index (κ1) is 15.4. The van der Waals surface area contributed by atoms with Crippen molar-refractivity contribution in [3.63, 3.8) is 0 Å². The van der Waals surface area contributed by atoms with Crippen LogP contribution in [-0.4, -0.2) is 41.0 Å². The molecular weight excluding hydrogens is 290 g/mol. The van der Waals surface area contributed by atoms with Crippen molar-refractivity contribution in [2.75, 3.05) is 17.6 Å². The Hall–Kier alpha value is -2.02. The number of nitrogens with one attached hydrogen (secondary N) is 1. The maximum atomic E-state index is 12.5. The van der Waals surface area contributed by atoms with E-state index in [2.05, 4.69) is 5.32 Å². The van der Waals surface area contributed by atoms with Crippen LogP contribution in [0.5, 0.6) is 0 Å². The molecular formula is C14H17N3O3S. The predicted molar refractivity (Wildman–Crippen MR) is 81.2 cm³/mol. The number of hydrogen-bond acceptors (Lipinski definition) is 4. The second-order valence-electron chi connectivity index (χ2n) is 5.04. The molecule has 0 radical (unpaired) electrons. The van der Waals surface area contributed by atoms with Crippen molar-refractivity contribution in [3.05, 3.63) is 23.8 Å². The third-order valence-electron chi connectivity index (χ3n) is 3.07. The fourth-order valence-corrected chi connectivity index (χ4v) is 2.83. The number of benzene rings is 1. The summed E-state index contributed by atoms with van der Waals surface area (Å²) in [6.45, 7) is 3.50. The Morgan fingerprint density at radius 1 is 1.43 bits per heavy atom. The van der Waals surface area contributed by atoms with Gasteiger partial charge in [-0.15, -0.1) is 11.8 Å². The van der Waals surface area contributed by atoms with Gasteiger partial charge in [0.2, 0.25) is 11.8 Å². The van der Waals surface area contributed by atoms with Crippen molar-refractivity contribution in [3.8, 4) is 0 Å². The Bertz CT molecular complexity index is 601. The maximum Gasteiger partial charge on any atom is 0.254 e. The van der Waals surface area contributed by atoms with E-state index in [0.717, 1.165) is 4.90 Å². The first-order valence-electron chi connectivity index (χ1n) is 6.54. The highest BCUT2D eigenvalue weighted by Crippen LogP contribution is 2.32. The van der Waals surface area contributed by atoms with Gasteiger partial charge in [-0.1, -0.05) is 0 Å². The normalized spacial score (nSPS) is 13.6. The molecule has 0 aromatic heterocycles. The Morgan fingerprint density at radius 3 is 2.76 bits per heavy atom. The van der Waals surface area contributed by atoms with Crippen LogP contribution < -0.4 is 11.1 Å². The third-order valence-corrected chi connectivity index (χ3v) is 4.14. The van der Waals surface area contributed by atoms with Crippen LogP contribution in [0, 0.1) is 0 Å². The molecule has 1 aliphatic heterocycles. The lowest BCUT2D eigenvalue weighted by atomic mass is 10.1. The molecule has 6 nitrogen and oxygen atoms in total. The monoisotopic (exact) mass is 307 g/mol. The highest BCUT2D eigenvalue weighted by Gasteiger charge is 2.23. The molecule has 7 heteroatoms. The van der Waals surface area contributed by atoms with Gasteiger partial charge in [0.15, 0.2) is 0 Å². The molecule has 0 saturated carbocycles. The Labute approximate surface area is 127 Å². The van der Waals surface area contributed by atoms with Gasteiger partial charge in [-0.3, -0.25) is 14.4 Å². The molecule has 1 aliphatic rings. The Balaban J connectivity index is 2.28. The van der Waals surface area contributed by atoms with Crippen LogP contribution in [0.15, 0.2) is 23.1 Å². The molecule has 3 amide bonds. The number of carbonyl (C=O) groups excluding carboxylic acids is 3. The molecule has 1 aromatic rings. The summed E-state index contributed by atoms with van der Waals surface area (Å²) in [5.41, 5.74) is 6.24. The fourth-order valence-electron chi connectivity index (χ4n) is 2.04. The number of carbonyl (C=O) groups is 3. The number of anilines is 1. The number of fused-ring (bicyclic) bond motifs is 1. The van der Waals surface area contributed by atoms with Gasteiger partial charge in [-0.25, -0.2) is 0 Å². The van der Waals surface area contributed by atoms with E-state index < -0.39 is 5.91 Å². The van der Waals surface area contributed by atoms with Crippen LogP contribution in [0.3, 0.4) is 0 Å². The minimum absolute atomic E-state index is 0.0880. The molecule has 0 spiro atoms. The van der Waals surface area contributed by atoms with Gasteiger partial charge in [0.05, 0.1) is 18.0 Å². The molecule has 0 aliphatic carbocycles. The summed E-state index contributed by atoms with van der Waals surface area (Å²) >= 11 is 1.43. The van der Waals surface area contributed by atoms with Crippen molar-refractivity contribution in [1.29, 1.82) is 0 Å². The lowest BCUT2D eigenvalue weighted by molar-refractivity contribution is -0.119. The number of hydrogen-bond donors (Lipinski definition) is 2. The SMILES string of the molecule is CC(C)N(CC(N)=O)C(=O)c1ccc2c(c1)NC(=O)CS2. The number of amides is 3. The zero-order valence-corrected chi connectivity index (χ0v) is 12.7. The van der Waals surface area contributed by atoms with Crippen LogP contribution in [0.25, 0.3) is 0 Å². The summed E-state index contributed by atoms with van der Waals surface area (Å²) < 4.78 is 0. The van der Waals surface area contributed by atoms with Crippen molar-refractivity contribution in [2.24, 2.45) is 5.73 Å². The summed E-state index contributed by atoms with van der Waals surface area (Å²) in [5, 5.41) is 2.74. The smallest absolute Gasteiger partial charge is 0.254 e. The van der Waals surface area contributed by atoms with E-state index in [4.69, 9.17) is 5.73 Å². The van der Waals surface area contributed by atoms with Gasteiger partial charge >= 0.3 is 0 Å². The number of nitrogens with two attached hydrogens (primary N) is 1. The third kappa shape index (κ3) is 3.55. The summed E-state index contributed by atoms with van der Waals surface area (Å²) in [6, 6.07) is 4.99. The average Bonchev–Trinajstić information content (AvgIpc) is 2.42. The summed E-state index contributed by atoms with van der Waals surface area (Å²) in [4.78, 5) is 37.3. The standard InChI is InChI=1S/C14H17N3O3S/c1-8(2)17(6-12(15)18)14(20)9-3-4-11-10(5-9)16-13(19)7-21-11/h3-5,8H,6-7H2,1-2H3,(H2,15,18)(H,16,19). The maximum absolute atomic E-state index is 12.5. The van der Waals surface area contributed by atoms with E-state index >= 15 is 0 Å². The number of primary amides is 1. The molecule has 2 rings (SSSR count). The summed E-state index contributed by atoms with van der Waals surface area (Å²) in [7, 11) is 0. The Kier molecular flexibility index (Phi) is 4.52. The molecule has 1 aromatic carbocycles. The van der Waals surface area contributed by atoms with Crippen LogP contribution in [0.1, 0.15) is 24.2 Å². The molecule has 0 fully saturated rings. The van der Waals surface area contributed by atoms with Crippen LogP contribution >= 0.6 is 11.8 Å². The number of nitrogens with zero attached hydrogens (tertiary/aromatic N) is 1. The quantitative estimate of drug-likeness (QED) is 0.870. The predicted octanol–water partition coefficient (Wildman–Crippen LogP) is 1.07. The molecule has 21 heavy (non-hydrogen) atoms. The molecule has 3 N–H and O–H groups in total. The minimum atomic E-state index is -0.557. The van der Waals surface area contributed by atoms with Gasteiger partial charge in [0.25, 0.3) is 5.91 Å². The zero-order chi connectivity index (χ0) is 15.6. The molecule has 0 atom stereocenters. The topological polar surface area (TPSA) is 92.5 Å². The lowest BCUT2D eigenvalue weighted by Gasteiger charge is -2.26. The van der Waals surface area contributed by atoms with Crippen LogP contribution in [0.4, 0.5) is 5.69 Å². The molecule has 112 valence electrons. The summed E-state index contributed by atoms with van der Waals surface area (Å²) in [6.07, 6.45) is 0. The first-order chi connectivity index (χ1) is 9.88. The Morgan fingerprint density at radius 2 is 2.14 bits per heavy atom. The van der Waals surface area contributed by atoms with Crippen molar-refractivity contribution in [2.45, 2.75) is 24.8 Å². The van der Waals surface area contributed by atoms with Gasteiger partial charge in [-0.05, 0) is 32.0 Å². The molecule has 0 saturated heterocycles. The minimum Gasteiger partial charge on any atom is -0.368 e. The van der Waals surface area contributed by atoms with Gasteiger partial charge in [-0.2, -0.15) is 0 Å². The van der Waals surface area contributed by atoms with E-state index in [1.54, 1.807) is 18.2 Å². The number of rotatable bonds is 4. The highest BCUT2D eigenvalue weighted by atomic mass is 32.2. The van der Waals surface area contributed by atoms with Gasteiger partial charge < -0.3 is 16.0 Å². The van der Waals surface area contributed by atoms with E-state index in [9.17, 15) is 14.4 Å². The molecule has 1 heterocycles. The second kappa shape index (κ2) is 6.17. The van der Waals surface area contributed by atoms with E-state index in [0.29, 0.717) is 17.0 Å². The van der Waals surface area contributed by atoms with E-state index in [-0.39, 0.29) is 24.4 Å². The largest absolute Gasteiger partial charge is 0.368 e. The van der Waals surface area contributed by atoms with Crippen LogP contribution in [-0.2, 0) is 9.59 Å². The lowest BCUT2D eigenvalue weighted by Crippen LogP contribution is -2.42. The highest BCUT2D eigenvalue weighted by molar-refractivity contribution is 8.00. The van der Waals surface area contributed by atoms with Crippen molar-refractivity contribution in [1.82, 2.24) is 4.90 Å². The fraction of sp³-hybridized carbons (Fsp3) is 0.357.